The Bertz CT molecular complexity index is 578. The summed E-state index contributed by atoms with van der Waals surface area (Å²) in [6, 6.07) is 11.2. The Hall–Kier alpha value is -1.59. The van der Waals surface area contributed by atoms with E-state index >= 15 is 0 Å². The van der Waals surface area contributed by atoms with Crippen molar-refractivity contribution in [3.05, 3.63) is 52.8 Å². The zero-order valence-corrected chi connectivity index (χ0v) is 12.2. The van der Waals surface area contributed by atoms with Crippen molar-refractivity contribution in [1.29, 1.82) is 0 Å². The normalized spacial score (nSPS) is 12.2. The first kappa shape index (κ1) is 13.8. The van der Waals surface area contributed by atoms with Crippen molar-refractivity contribution in [2.24, 2.45) is 5.73 Å². The first-order chi connectivity index (χ1) is 9.08. The maximum atomic E-state index is 12.0. The lowest BCUT2D eigenvalue weighted by Crippen LogP contribution is -2.21. The van der Waals surface area contributed by atoms with Crippen molar-refractivity contribution in [2.45, 2.75) is 19.5 Å². The van der Waals surface area contributed by atoms with Gasteiger partial charge in [0.2, 0.25) is 5.91 Å². The van der Waals surface area contributed by atoms with Crippen LogP contribution in [-0.4, -0.2) is 10.5 Å². The monoisotopic (exact) mass is 321 g/mol. The molecule has 4 nitrogen and oxygen atoms in total. The summed E-state index contributed by atoms with van der Waals surface area (Å²) in [5, 5.41) is 2.87. The van der Waals surface area contributed by atoms with Gasteiger partial charge in [0.25, 0.3) is 0 Å². The van der Waals surface area contributed by atoms with E-state index in [0.29, 0.717) is 0 Å². The number of benzene rings is 1. The Kier molecular flexibility index (Phi) is 4.39. The second-order valence-corrected chi connectivity index (χ2v) is 5.23. The Morgan fingerprint density at radius 2 is 2.11 bits per heavy atom. The summed E-state index contributed by atoms with van der Waals surface area (Å²) in [5.41, 5.74) is 7.56. The zero-order valence-electron chi connectivity index (χ0n) is 10.6. The molecular formula is C14H16BrN3O. The highest BCUT2D eigenvalue weighted by molar-refractivity contribution is 9.10. The molecule has 2 aromatic rings. The zero-order chi connectivity index (χ0) is 13.8. The standard InChI is InChI=1S/C14H16BrN3O/c1-10(16)13-7-4-8-18(13)9-14(19)17-12-6-3-2-5-11(12)15/h2-8,10H,9,16H2,1H3,(H,17,19). The molecule has 0 aliphatic heterocycles. The van der Waals surface area contributed by atoms with E-state index in [1.165, 1.54) is 0 Å². The van der Waals surface area contributed by atoms with Gasteiger partial charge < -0.3 is 15.6 Å². The molecule has 1 aromatic heterocycles. The Morgan fingerprint density at radius 3 is 2.79 bits per heavy atom. The summed E-state index contributed by atoms with van der Waals surface area (Å²) in [6.45, 7) is 2.16. The molecule has 0 spiro atoms. The Labute approximate surface area is 120 Å². The molecule has 5 heteroatoms. The number of nitrogens with two attached hydrogens (primary N) is 1. The minimum atomic E-state index is -0.0914. The summed E-state index contributed by atoms with van der Waals surface area (Å²) in [7, 11) is 0. The highest BCUT2D eigenvalue weighted by atomic mass is 79.9. The average molecular weight is 322 g/mol. The minimum Gasteiger partial charge on any atom is -0.341 e. The fourth-order valence-electron chi connectivity index (χ4n) is 1.89. The van der Waals surface area contributed by atoms with Crippen LogP contribution in [0.1, 0.15) is 18.7 Å². The van der Waals surface area contributed by atoms with Crippen LogP contribution in [0.15, 0.2) is 47.1 Å². The fraction of sp³-hybridized carbons (Fsp3) is 0.214. The molecule has 100 valence electrons. The van der Waals surface area contributed by atoms with E-state index in [1.54, 1.807) is 0 Å². The minimum absolute atomic E-state index is 0.0787. The van der Waals surface area contributed by atoms with Crippen molar-refractivity contribution >= 4 is 27.5 Å². The van der Waals surface area contributed by atoms with E-state index in [-0.39, 0.29) is 18.5 Å². The molecular weight excluding hydrogens is 306 g/mol. The van der Waals surface area contributed by atoms with Gasteiger partial charge in [-0.25, -0.2) is 0 Å². The molecule has 0 saturated carbocycles. The van der Waals surface area contributed by atoms with Crippen molar-refractivity contribution in [1.82, 2.24) is 4.57 Å². The molecule has 1 atom stereocenters. The number of aromatic nitrogens is 1. The van der Waals surface area contributed by atoms with Crippen molar-refractivity contribution in [3.8, 4) is 0 Å². The van der Waals surface area contributed by atoms with E-state index in [0.717, 1.165) is 15.9 Å². The smallest absolute Gasteiger partial charge is 0.244 e. The van der Waals surface area contributed by atoms with E-state index in [1.807, 2.05) is 54.1 Å². The van der Waals surface area contributed by atoms with Crippen LogP contribution in [-0.2, 0) is 11.3 Å². The fourth-order valence-corrected chi connectivity index (χ4v) is 2.28. The number of rotatable bonds is 4. The second-order valence-electron chi connectivity index (χ2n) is 4.38. The molecule has 1 heterocycles. The number of para-hydroxylation sites is 1. The van der Waals surface area contributed by atoms with Gasteiger partial charge >= 0.3 is 0 Å². The molecule has 0 radical (unpaired) electrons. The number of hydrogen-bond donors (Lipinski definition) is 2. The Balaban J connectivity index is 2.06. The van der Waals surface area contributed by atoms with E-state index < -0.39 is 0 Å². The number of carbonyl (C=O) groups excluding carboxylic acids is 1. The van der Waals surface area contributed by atoms with Gasteiger partial charge in [0.05, 0.1) is 5.69 Å². The summed E-state index contributed by atoms with van der Waals surface area (Å²) >= 11 is 3.40. The van der Waals surface area contributed by atoms with Crippen LogP contribution >= 0.6 is 15.9 Å². The maximum Gasteiger partial charge on any atom is 0.244 e. The van der Waals surface area contributed by atoms with Crippen molar-refractivity contribution in [2.75, 3.05) is 5.32 Å². The number of hydrogen-bond acceptors (Lipinski definition) is 2. The first-order valence-corrected chi connectivity index (χ1v) is 6.82. The lowest BCUT2D eigenvalue weighted by atomic mass is 10.2. The molecule has 19 heavy (non-hydrogen) atoms. The number of anilines is 1. The molecule has 1 amide bonds. The summed E-state index contributed by atoms with van der Waals surface area (Å²) < 4.78 is 2.72. The van der Waals surface area contributed by atoms with Crippen LogP contribution in [0.4, 0.5) is 5.69 Å². The second kappa shape index (κ2) is 6.04. The third-order valence-corrected chi connectivity index (χ3v) is 3.48. The van der Waals surface area contributed by atoms with Gasteiger partial charge in [-0.2, -0.15) is 0 Å². The van der Waals surface area contributed by atoms with Gasteiger partial charge in [-0.1, -0.05) is 12.1 Å². The molecule has 0 aliphatic carbocycles. The van der Waals surface area contributed by atoms with Gasteiger partial charge in [0, 0.05) is 22.4 Å². The molecule has 0 fully saturated rings. The van der Waals surface area contributed by atoms with Crippen molar-refractivity contribution < 1.29 is 4.79 Å². The largest absolute Gasteiger partial charge is 0.341 e. The Morgan fingerprint density at radius 1 is 1.37 bits per heavy atom. The molecule has 3 N–H and O–H groups in total. The lowest BCUT2D eigenvalue weighted by molar-refractivity contribution is -0.116. The first-order valence-electron chi connectivity index (χ1n) is 6.03. The van der Waals surface area contributed by atoms with E-state index in [4.69, 9.17) is 5.73 Å². The summed E-state index contributed by atoms with van der Waals surface area (Å²) in [5.74, 6) is -0.0787. The van der Waals surface area contributed by atoms with Crippen LogP contribution in [0.2, 0.25) is 0 Å². The summed E-state index contributed by atoms with van der Waals surface area (Å²) in [6.07, 6.45) is 1.86. The van der Waals surface area contributed by atoms with E-state index in [9.17, 15) is 4.79 Å². The van der Waals surface area contributed by atoms with Gasteiger partial charge in [0.1, 0.15) is 6.54 Å². The number of nitrogens with zero attached hydrogens (tertiary/aromatic N) is 1. The highest BCUT2D eigenvalue weighted by Gasteiger charge is 2.10. The molecule has 0 aliphatic rings. The number of nitrogens with one attached hydrogen (secondary N) is 1. The topological polar surface area (TPSA) is 60.0 Å². The van der Waals surface area contributed by atoms with Crippen LogP contribution in [0.5, 0.6) is 0 Å². The third-order valence-electron chi connectivity index (χ3n) is 2.79. The highest BCUT2D eigenvalue weighted by Crippen LogP contribution is 2.21. The average Bonchev–Trinajstić information content (AvgIpc) is 2.80. The SMILES string of the molecule is CC(N)c1cccn1CC(=O)Nc1ccccc1Br. The van der Waals surface area contributed by atoms with Gasteiger partial charge in [-0.15, -0.1) is 0 Å². The van der Waals surface area contributed by atoms with Crippen LogP contribution in [0.3, 0.4) is 0 Å². The lowest BCUT2D eigenvalue weighted by Gasteiger charge is -2.12. The van der Waals surface area contributed by atoms with Crippen molar-refractivity contribution in [3.63, 3.8) is 0 Å². The van der Waals surface area contributed by atoms with Crippen LogP contribution < -0.4 is 11.1 Å². The molecule has 1 unspecified atom stereocenters. The van der Waals surface area contributed by atoms with Gasteiger partial charge in [-0.05, 0) is 47.1 Å². The third kappa shape index (κ3) is 3.45. The number of amides is 1. The van der Waals surface area contributed by atoms with Gasteiger partial charge in [-0.3, -0.25) is 4.79 Å². The molecule has 2 rings (SSSR count). The predicted octanol–water partition coefficient (Wildman–Crippen LogP) is 2.91. The molecule has 0 bridgehead atoms. The molecule has 0 saturated heterocycles. The predicted molar refractivity (Wildman–Crippen MR) is 79.8 cm³/mol. The number of halogens is 1. The quantitative estimate of drug-likeness (QED) is 0.909. The number of carbonyl (C=O) groups is 1. The summed E-state index contributed by atoms with van der Waals surface area (Å²) in [4.78, 5) is 12.0. The maximum absolute atomic E-state index is 12.0. The van der Waals surface area contributed by atoms with Crippen LogP contribution in [0, 0.1) is 0 Å². The van der Waals surface area contributed by atoms with E-state index in [2.05, 4.69) is 21.2 Å². The van der Waals surface area contributed by atoms with Gasteiger partial charge in [0.15, 0.2) is 0 Å². The molecule has 1 aromatic carbocycles. The van der Waals surface area contributed by atoms with Crippen LogP contribution in [0.25, 0.3) is 0 Å².